The van der Waals surface area contributed by atoms with E-state index in [-0.39, 0.29) is 29.7 Å². The Kier molecular flexibility index (Phi) is 6.73. The molecule has 0 radical (unpaired) electrons. The first kappa shape index (κ1) is 15.5. The van der Waals surface area contributed by atoms with Crippen molar-refractivity contribution in [3.8, 4) is 5.75 Å². The molecule has 0 amide bonds. The maximum Gasteiger partial charge on any atom is 0.164 e. The summed E-state index contributed by atoms with van der Waals surface area (Å²) in [5, 5.41) is 10.0. The van der Waals surface area contributed by atoms with Gasteiger partial charge in [0.05, 0.1) is 0 Å². The molecule has 0 aromatic heterocycles. The van der Waals surface area contributed by atoms with Gasteiger partial charge < -0.3 is 10.0 Å². The molecular weight excluding hydrogens is 342 g/mol. The van der Waals surface area contributed by atoms with E-state index in [0.29, 0.717) is 5.69 Å². The number of benzene rings is 1. The van der Waals surface area contributed by atoms with Gasteiger partial charge in [-0.25, -0.2) is 4.39 Å². The van der Waals surface area contributed by atoms with Crippen LogP contribution in [0.3, 0.4) is 0 Å². The Morgan fingerprint density at radius 1 is 1.50 bits per heavy atom. The molecule has 0 heterocycles. The molecule has 1 aromatic rings. The highest BCUT2D eigenvalue weighted by Crippen LogP contribution is 2.24. The smallest absolute Gasteiger partial charge is 0.164 e. The molecule has 16 heavy (non-hydrogen) atoms. The largest absolute Gasteiger partial charge is 0.505 e. The van der Waals surface area contributed by atoms with Crippen LogP contribution < -0.4 is 4.90 Å². The van der Waals surface area contributed by atoms with Gasteiger partial charge in [-0.2, -0.15) is 0 Å². The molecule has 0 saturated heterocycles. The number of nitrogens with zero attached hydrogens (tertiary/aromatic N) is 2. The zero-order valence-electron chi connectivity index (χ0n) is 9.27. The van der Waals surface area contributed by atoms with Crippen molar-refractivity contribution in [3.63, 3.8) is 0 Å². The Bertz CT molecular complexity index is 387. The summed E-state index contributed by atoms with van der Waals surface area (Å²) in [4.78, 5) is 5.85. The van der Waals surface area contributed by atoms with E-state index in [4.69, 9.17) is 0 Å². The highest BCUT2D eigenvalue weighted by Gasteiger charge is 2.09. The van der Waals surface area contributed by atoms with Gasteiger partial charge in [0, 0.05) is 25.8 Å². The summed E-state index contributed by atoms with van der Waals surface area (Å²) in [5.41, 5.74) is 0.698. The van der Waals surface area contributed by atoms with Crippen molar-refractivity contribution in [2.45, 2.75) is 0 Å². The number of hydrogen-bond donors (Lipinski definition) is 1. The van der Waals surface area contributed by atoms with Crippen LogP contribution in [-0.4, -0.2) is 30.6 Å². The molecular formula is C10H14FIN2OS. The van der Waals surface area contributed by atoms with Crippen LogP contribution in [-0.2, 0) is 0 Å². The van der Waals surface area contributed by atoms with E-state index < -0.39 is 5.82 Å². The SMILES string of the molecule is CN=C(SC)N(C)c1ccc(F)c(O)c1.I. The summed E-state index contributed by atoms with van der Waals surface area (Å²) in [5.74, 6) is -0.970. The van der Waals surface area contributed by atoms with Crippen molar-refractivity contribution in [2.24, 2.45) is 4.99 Å². The first-order valence-corrected chi connectivity index (χ1v) is 5.55. The van der Waals surface area contributed by atoms with Crippen LogP contribution in [0.1, 0.15) is 0 Å². The Morgan fingerprint density at radius 3 is 2.56 bits per heavy atom. The van der Waals surface area contributed by atoms with E-state index in [1.165, 1.54) is 23.9 Å². The van der Waals surface area contributed by atoms with Gasteiger partial charge in [-0.1, -0.05) is 11.8 Å². The summed E-state index contributed by atoms with van der Waals surface area (Å²) >= 11 is 1.48. The minimum atomic E-state index is -0.619. The topological polar surface area (TPSA) is 35.8 Å². The molecule has 1 rings (SSSR count). The van der Waals surface area contributed by atoms with E-state index in [1.54, 1.807) is 18.0 Å². The van der Waals surface area contributed by atoms with Gasteiger partial charge >= 0.3 is 0 Å². The van der Waals surface area contributed by atoms with Gasteiger partial charge in [-0.15, -0.1) is 24.0 Å². The van der Waals surface area contributed by atoms with Gasteiger partial charge in [-0.05, 0) is 18.4 Å². The predicted octanol–water partition coefficient (Wildman–Crippen LogP) is 2.93. The number of aromatic hydroxyl groups is 1. The number of anilines is 1. The summed E-state index contributed by atoms with van der Waals surface area (Å²) < 4.78 is 12.8. The van der Waals surface area contributed by atoms with Crippen molar-refractivity contribution in [2.75, 3.05) is 25.3 Å². The minimum absolute atomic E-state index is 0. The highest BCUT2D eigenvalue weighted by molar-refractivity contribution is 14.0. The number of rotatable bonds is 1. The molecule has 1 N–H and O–H groups in total. The molecule has 0 spiro atoms. The third kappa shape index (κ3) is 3.51. The van der Waals surface area contributed by atoms with E-state index in [9.17, 15) is 9.50 Å². The monoisotopic (exact) mass is 356 g/mol. The molecule has 0 fully saturated rings. The molecule has 0 atom stereocenters. The number of halogens is 2. The number of amidine groups is 1. The van der Waals surface area contributed by atoms with Crippen LogP contribution in [0.5, 0.6) is 5.75 Å². The highest BCUT2D eigenvalue weighted by atomic mass is 127. The van der Waals surface area contributed by atoms with E-state index in [1.807, 2.05) is 13.3 Å². The van der Waals surface area contributed by atoms with Crippen LogP contribution in [0.2, 0.25) is 0 Å². The summed E-state index contributed by atoms with van der Waals surface area (Å²) in [6.45, 7) is 0. The molecule has 0 unspecified atom stereocenters. The second kappa shape index (κ2) is 6.95. The number of hydrogen-bond acceptors (Lipinski definition) is 3. The van der Waals surface area contributed by atoms with Crippen molar-refractivity contribution >= 4 is 46.6 Å². The lowest BCUT2D eigenvalue weighted by Crippen LogP contribution is -2.23. The number of phenolic OH excluding ortho intramolecular Hbond substituents is 1. The summed E-state index contributed by atoms with van der Waals surface area (Å²) in [6.07, 6.45) is 1.90. The average molecular weight is 356 g/mol. The Labute approximate surface area is 116 Å². The fraction of sp³-hybridized carbons (Fsp3) is 0.300. The number of phenols is 1. The van der Waals surface area contributed by atoms with E-state index in [2.05, 4.69) is 4.99 Å². The third-order valence-electron chi connectivity index (χ3n) is 1.98. The van der Waals surface area contributed by atoms with Crippen LogP contribution in [0.15, 0.2) is 23.2 Å². The Balaban J connectivity index is 0.00000225. The molecule has 6 heteroatoms. The fourth-order valence-electron chi connectivity index (χ4n) is 1.20. The van der Waals surface area contributed by atoms with Gasteiger partial charge in [0.15, 0.2) is 16.7 Å². The van der Waals surface area contributed by atoms with E-state index >= 15 is 0 Å². The lowest BCUT2D eigenvalue weighted by Gasteiger charge is -2.19. The van der Waals surface area contributed by atoms with Crippen LogP contribution >= 0.6 is 35.7 Å². The second-order valence-corrected chi connectivity index (χ2v) is 3.68. The molecule has 0 bridgehead atoms. The zero-order valence-corrected chi connectivity index (χ0v) is 12.4. The van der Waals surface area contributed by atoms with Crippen molar-refractivity contribution in [1.29, 1.82) is 0 Å². The zero-order chi connectivity index (χ0) is 11.4. The predicted molar refractivity (Wildman–Crippen MR) is 78.8 cm³/mol. The average Bonchev–Trinajstić information content (AvgIpc) is 2.23. The number of thioether (sulfide) groups is 1. The van der Waals surface area contributed by atoms with Gasteiger partial charge in [-0.3, -0.25) is 4.99 Å². The minimum Gasteiger partial charge on any atom is -0.505 e. The molecule has 0 aliphatic heterocycles. The van der Waals surface area contributed by atoms with Crippen LogP contribution in [0.25, 0.3) is 0 Å². The van der Waals surface area contributed by atoms with Crippen LogP contribution in [0, 0.1) is 5.82 Å². The number of aliphatic imine (C=N–C) groups is 1. The molecule has 0 aliphatic carbocycles. The van der Waals surface area contributed by atoms with E-state index in [0.717, 1.165) is 5.17 Å². The maximum atomic E-state index is 12.8. The van der Waals surface area contributed by atoms with Gasteiger partial charge in [0.2, 0.25) is 0 Å². The Hall–Kier alpha value is -0.500. The molecule has 1 aromatic carbocycles. The lowest BCUT2D eigenvalue weighted by atomic mass is 10.3. The first-order chi connectivity index (χ1) is 7.10. The molecule has 3 nitrogen and oxygen atoms in total. The quantitative estimate of drug-likeness (QED) is 0.478. The Morgan fingerprint density at radius 2 is 2.12 bits per heavy atom. The lowest BCUT2D eigenvalue weighted by molar-refractivity contribution is 0.432. The van der Waals surface area contributed by atoms with Gasteiger partial charge in [0.25, 0.3) is 0 Å². The standard InChI is InChI=1S/C10H13FN2OS.HI/c1-12-10(15-3)13(2)7-4-5-8(11)9(14)6-7;/h4-6,14H,1-3H3;1H. The fourth-order valence-corrected chi connectivity index (χ4v) is 1.76. The summed E-state index contributed by atoms with van der Waals surface area (Å²) in [6, 6.07) is 4.20. The first-order valence-electron chi connectivity index (χ1n) is 4.33. The molecule has 0 saturated carbocycles. The normalized spacial score (nSPS) is 10.9. The van der Waals surface area contributed by atoms with Gasteiger partial charge in [0.1, 0.15) is 0 Å². The third-order valence-corrected chi connectivity index (χ3v) is 2.80. The van der Waals surface area contributed by atoms with Crippen molar-refractivity contribution in [1.82, 2.24) is 0 Å². The maximum absolute atomic E-state index is 12.8. The molecule has 90 valence electrons. The van der Waals surface area contributed by atoms with Crippen molar-refractivity contribution in [3.05, 3.63) is 24.0 Å². The summed E-state index contributed by atoms with van der Waals surface area (Å²) in [7, 11) is 3.50. The van der Waals surface area contributed by atoms with Crippen LogP contribution in [0.4, 0.5) is 10.1 Å². The molecule has 0 aliphatic rings. The second-order valence-electron chi connectivity index (χ2n) is 2.91. The van der Waals surface area contributed by atoms with Crippen molar-refractivity contribution < 1.29 is 9.50 Å².